The van der Waals surface area contributed by atoms with E-state index in [1.165, 1.54) is 6.92 Å². The van der Waals surface area contributed by atoms with Crippen molar-refractivity contribution in [1.29, 1.82) is 0 Å². The summed E-state index contributed by atoms with van der Waals surface area (Å²) in [5.41, 5.74) is 0.322. The quantitative estimate of drug-likeness (QED) is 0.327. The van der Waals surface area contributed by atoms with Crippen molar-refractivity contribution in [3.63, 3.8) is 0 Å². The maximum atomic E-state index is 11.3. The van der Waals surface area contributed by atoms with Gasteiger partial charge in [0.25, 0.3) is 0 Å². The molecule has 0 unspecified atom stereocenters. The lowest BCUT2D eigenvalue weighted by Crippen LogP contribution is -2.38. The normalized spacial score (nSPS) is 9.37. The monoisotopic (exact) mass is 271 g/mol. The zero-order valence-electron chi connectivity index (χ0n) is 11.4. The highest BCUT2D eigenvalue weighted by Crippen LogP contribution is 1.90. The van der Waals surface area contributed by atoms with E-state index in [-0.39, 0.29) is 25.1 Å². The molecule has 3 N–H and O–H groups in total. The Morgan fingerprint density at radius 3 is 2.16 bits per heavy atom. The molecule has 0 aromatic heterocycles. The van der Waals surface area contributed by atoms with Crippen molar-refractivity contribution in [2.24, 2.45) is 0 Å². The summed E-state index contributed by atoms with van der Waals surface area (Å²) in [5, 5.41) is 7.76. The number of hydrogen-bond acceptors (Lipinski definition) is 4. The summed E-state index contributed by atoms with van der Waals surface area (Å²) in [6.45, 7) is 7.74. The molecule has 0 rings (SSSR count). The Bertz CT molecular complexity index is 342. The molecule has 0 heterocycles. The summed E-state index contributed by atoms with van der Waals surface area (Å²) in [6, 6.07) is -0.339. The molecule has 0 fully saturated rings. The Kier molecular flexibility index (Phi) is 8.86. The molecule has 108 valence electrons. The molecule has 0 saturated carbocycles. The zero-order chi connectivity index (χ0) is 14.7. The molecule has 0 saturated heterocycles. The van der Waals surface area contributed by atoms with Gasteiger partial charge in [0.2, 0.25) is 5.91 Å². The number of rotatable bonds is 8. The third-order valence-corrected chi connectivity index (χ3v) is 1.98. The molecule has 0 aromatic carbocycles. The number of esters is 1. The first-order valence-corrected chi connectivity index (χ1v) is 6.02. The van der Waals surface area contributed by atoms with Gasteiger partial charge in [-0.05, 0) is 13.3 Å². The molecule has 0 aliphatic carbocycles. The number of nitrogens with one attached hydrogen (secondary N) is 3. The van der Waals surface area contributed by atoms with Crippen LogP contribution in [0.5, 0.6) is 0 Å². The largest absolute Gasteiger partial charge is 0.460 e. The molecule has 3 amide bonds. The molecule has 7 nitrogen and oxygen atoms in total. The Labute approximate surface area is 112 Å². The van der Waals surface area contributed by atoms with Gasteiger partial charge in [0.05, 0.1) is 6.54 Å². The maximum Gasteiger partial charge on any atom is 0.333 e. The van der Waals surface area contributed by atoms with E-state index in [1.54, 1.807) is 6.92 Å². The number of carbonyl (C=O) groups is 3. The molecule has 0 aromatic rings. The highest BCUT2D eigenvalue weighted by Gasteiger charge is 2.03. The Hall–Kier alpha value is -2.05. The Morgan fingerprint density at radius 2 is 1.58 bits per heavy atom. The van der Waals surface area contributed by atoms with Crippen LogP contribution in [0, 0.1) is 0 Å². The van der Waals surface area contributed by atoms with Crippen LogP contribution in [-0.2, 0) is 14.3 Å². The summed E-state index contributed by atoms with van der Waals surface area (Å²) < 4.78 is 4.79. The minimum atomic E-state index is -0.475. The van der Waals surface area contributed by atoms with Crippen LogP contribution in [0.1, 0.15) is 20.3 Å². The van der Waals surface area contributed by atoms with E-state index < -0.39 is 5.97 Å². The highest BCUT2D eigenvalue weighted by atomic mass is 16.5. The van der Waals surface area contributed by atoms with Crippen LogP contribution in [0.2, 0.25) is 0 Å². The molecular formula is C12H21N3O4. The van der Waals surface area contributed by atoms with E-state index in [1.807, 2.05) is 0 Å². The minimum absolute atomic E-state index is 0.0937. The average Bonchev–Trinajstić information content (AvgIpc) is 2.33. The van der Waals surface area contributed by atoms with Gasteiger partial charge in [-0.2, -0.15) is 0 Å². The Morgan fingerprint density at radius 1 is 1.00 bits per heavy atom. The van der Waals surface area contributed by atoms with Gasteiger partial charge in [-0.3, -0.25) is 4.79 Å². The fourth-order valence-corrected chi connectivity index (χ4v) is 1.05. The van der Waals surface area contributed by atoms with Crippen molar-refractivity contribution in [2.45, 2.75) is 20.3 Å². The number of carbonyl (C=O) groups excluding carboxylic acids is 3. The van der Waals surface area contributed by atoms with Crippen molar-refractivity contribution in [2.75, 3.05) is 26.2 Å². The minimum Gasteiger partial charge on any atom is -0.460 e. The van der Waals surface area contributed by atoms with Crippen molar-refractivity contribution >= 4 is 17.9 Å². The van der Waals surface area contributed by atoms with E-state index in [0.717, 1.165) is 0 Å². The van der Waals surface area contributed by atoms with Crippen LogP contribution >= 0.6 is 0 Å². The van der Waals surface area contributed by atoms with Crippen LogP contribution in [0.4, 0.5) is 4.79 Å². The van der Waals surface area contributed by atoms with Gasteiger partial charge < -0.3 is 20.7 Å². The molecule has 0 aliphatic rings. The van der Waals surface area contributed by atoms with Gasteiger partial charge in [-0.1, -0.05) is 6.58 Å². The molecule has 0 atom stereocenters. The number of amides is 3. The standard InChI is InChI=1S/C12H21N3O4/c1-9(2)11(17)19-8-7-15-12(18)14-6-4-5-13-10(3)16/h1,4-8H2,2-3H3,(H,13,16)(H2,14,15,18). The second-order valence-corrected chi connectivity index (χ2v) is 3.94. The van der Waals surface area contributed by atoms with E-state index in [2.05, 4.69) is 22.5 Å². The van der Waals surface area contributed by atoms with Gasteiger partial charge in [0.15, 0.2) is 0 Å². The fraction of sp³-hybridized carbons (Fsp3) is 0.583. The average molecular weight is 271 g/mol. The van der Waals surface area contributed by atoms with Crippen LogP contribution < -0.4 is 16.0 Å². The number of ether oxygens (including phenoxy) is 1. The molecule has 0 radical (unpaired) electrons. The zero-order valence-corrected chi connectivity index (χ0v) is 11.4. The van der Waals surface area contributed by atoms with Crippen LogP contribution in [0.25, 0.3) is 0 Å². The molecule has 19 heavy (non-hydrogen) atoms. The first-order chi connectivity index (χ1) is 8.93. The maximum absolute atomic E-state index is 11.3. The highest BCUT2D eigenvalue weighted by molar-refractivity contribution is 5.86. The molecular weight excluding hydrogens is 250 g/mol. The topological polar surface area (TPSA) is 96.5 Å². The van der Waals surface area contributed by atoms with Crippen molar-refractivity contribution in [1.82, 2.24) is 16.0 Å². The van der Waals surface area contributed by atoms with Gasteiger partial charge >= 0.3 is 12.0 Å². The third kappa shape index (κ3) is 10.8. The first-order valence-electron chi connectivity index (χ1n) is 6.02. The second kappa shape index (κ2) is 9.93. The summed E-state index contributed by atoms with van der Waals surface area (Å²) in [7, 11) is 0. The van der Waals surface area contributed by atoms with Gasteiger partial charge in [-0.15, -0.1) is 0 Å². The predicted molar refractivity (Wildman–Crippen MR) is 70.5 cm³/mol. The van der Waals surface area contributed by atoms with E-state index in [0.29, 0.717) is 25.1 Å². The van der Waals surface area contributed by atoms with E-state index in [9.17, 15) is 14.4 Å². The van der Waals surface area contributed by atoms with Crippen molar-refractivity contribution in [3.8, 4) is 0 Å². The second-order valence-electron chi connectivity index (χ2n) is 3.94. The smallest absolute Gasteiger partial charge is 0.333 e. The summed E-state index contributed by atoms with van der Waals surface area (Å²) in [6.07, 6.45) is 0.650. The summed E-state index contributed by atoms with van der Waals surface area (Å²) in [5.74, 6) is -0.568. The third-order valence-electron chi connectivity index (χ3n) is 1.98. The van der Waals surface area contributed by atoms with E-state index in [4.69, 9.17) is 4.74 Å². The summed E-state index contributed by atoms with van der Waals surface area (Å²) >= 11 is 0. The van der Waals surface area contributed by atoms with Gasteiger partial charge in [0, 0.05) is 25.6 Å². The van der Waals surface area contributed by atoms with Crippen LogP contribution in [0.15, 0.2) is 12.2 Å². The fourth-order valence-electron chi connectivity index (χ4n) is 1.05. The SMILES string of the molecule is C=C(C)C(=O)OCCNC(=O)NCCCNC(C)=O. The lowest BCUT2D eigenvalue weighted by Gasteiger charge is -2.08. The molecule has 0 aliphatic heterocycles. The van der Waals surface area contributed by atoms with E-state index >= 15 is 0 Å². The predicted octanol–water partition coefficient (Wildman–Crippen LogP) is -0.0689. The van der Waals surface area contributed by atoms with Gasteiger partial charge in [-0.25, -0.2) is 9.59 Å². The van der Waals surface area contributed by atoms with Gasteiger partial charge in [0.1, 0.15) is 6.61 Å². The molecule has 0 spiro atoms. The van der Waals surface area contributed by atoms with Crippen molar-refractivity contribution < 1.29 is 19.1 Å². The summed E-state index contributed by atoms with van der Waals surface area (Å²) in [4.78, 5) is 32.8. The number of urea groups is 1. The lowest BCUT2D eigenvalue weighted by atomic mass is 10.4. The number of hydrogen-bond donors (Lipinski definition) is 3. The first kappa shape index (κ1) is 16.9. The molecule has 7 heteroatoms. The lowest BCUT2D eigenvalue weighted by molar-refractivity contribution is -0.138. The van der Waals surface area contributed by atoms with Crippen LogP contribution in [-0.4, -0.2) is 44.1 Å². The Balaban J connectivity index is 3.42. The van der Waals surface area contributed by atoms with Crippen LogP contribution in [0.3, 0.4) is 0 Å². The molecule has 0 bridgehead atoms. The van der Waals surface area contributed by atoms with Crippen molar-refractivity contribution in [3.05, 3.63) is 12.2 Å².